The molecule has 0 unspecified atom stereocenters. The summed E-state index contributed by atoms with van der Waals surface area (Å²) in [6, 6.07) is 3.77. The number of carbonyl (C=O) groups excluding carboxylic acids is 2. The Morgan fingerprint density at radius 2 is 2.14 bits per heavy atom. The van der Waals surface area contributed by atoms with Crippen molar-refractivity contribution in [2.75, 3.05) is 11.9 Å². The SMILES string of the molecule is Cc1nc(C)c(C(=O)OCC(=O)Nc2cc(Cl)ccc2F)s1. The predicted octanol–water partition coefficient (Wildman–Crippen LogP) is 3.35. The highest BCUT2D eigenvalue weighted by molar-refractivity contribution is 7.13. The van der Waals surface area contributed by atoms with Gasteiger partial charge in [-0.25, -0.2) is 14.2 Å². The summed E-state index contributed by atoms with van der Waals surface area (Å²) in [6.45, 7) is 2.92. The highest BCUT2D eigenvalue weighted by Crippen LogP contribution is 2.20. The molecule has 0 saturated heterocycles. The smallest absolute Gasteiger partial charge is 0.350 e. The summed E-state index contributed by atoms with van der Waals surface area (Å²) < 4.78 is 18.4. The number of hydrogen-bond acceptors (Lipinski definition) is 5. The Bertz CT molecular complexity index is 733. The highest BCUT2D eigenvalue weighted by Gasteiger charge is 2.17. The molecule has 0 radical (unpaired) electrons. The predicted molar refractivity (Wildman–Crippen MR) is 81.9 cm³/mol. The van der Waals surface area contributed by atoms with Crippen molar-refractivity contribution in [1.82, 2.24) is 4.98 Å². The number of anilines is 1. The van der Waals surface area contributed by atoms with Crippen molar-refractivity contribution in [1.29, 1.82) is 0 Å². The highest BCUT2D eigenvalue weighted by atomic mass is 35.5. The van der Waals surface area contributed by atoms with E-state index < -0.39 is 24.3 Å². The van der Waals surface area contributed by atoms with Gasteiger partial charge in [-0.1, -0.05) is 11.6 Å². The number of thiazole rings is 1. The zero-order valence-electron chi connectivity index (χ0n) is 11.8. The lowest BCUT2D eigenvalue weighted by atomic mass is 10.3. The standard InChI is InChI=1S/C14H12ClFN2O3S/c1-7-13(22-8(2)17-7)14(20)21-6-12(19)18-11-5-9(15)3-4-10(11)16/h3-5H,6H2,1-2H3,(H,18,19). The fourth-order valence-corrected chi connectivity index (χ4v) is 2.68. The van der Waals surface area contributed by atoms with Crippen LogP contribution in [0, 0.1) is 19.7 Å². The van der Waals surface area contributed by atoms with Crippen LogP contribution in [0.3, 0.4) is 0 Å². The number of halogens is 2. The van der Waals surface area contributed by atoms with Gasteiger partial charge in [0.1, 0.15) is 10.7 Å². The Hall–Kier alpha value is -1.99. The van der Waals surface area contributed by atoms with Crippen molar-refractivity contribution in [2.45, 2.75) is 13.8 Å². The second-order valence-electron chi connectivity index (χ2n) is 4.40. The second kappa shape index (κ2) is 6.85. The minimum atomic E-state index is -0.659. The number of esters is 1. The molecule has 2 rings (SSSR count). The number of carbonyl (C=O) groups is 2. The Morgan fingerprint density at radius 3 is 2.77 bits per heavy atom. The van der Waals surface area contributed by atoms with Gasteiger partial charge in [0.15, 0.2) is 6.61 Å². The van der Waals surface area contributed by atoms with Crippen LogP contribution in [0.5, 0.6) is 0 Å². The molecule has 1 amide bonds. The Labute approximate surface area is 135 Å². The van der Waals surface area contributed by atoms with E-state index >= 15 is 0 Å². The number of nitrogens with one attached hydrogen (secondary N) is 1. The third kappa shape index (κ3) is 4.02. The summed E-state index contributed by atoms with van der Waals surface area (Å²) in [6.07, 6.45) is 0. The minimum Gasteiger partial charge on any atom is -0.451 e. The van der Waals surface area contributed by atoms with Crippen LogP contribution in [-0.2, 0) is 9.53 Å². The van der Waals surface area contributed by atoms with Crippen LogP contribution in [0.4, 0.5) is 10.1 Å². The van der Waals surface area contributed by atoms with E-state index in [0.717, 1.165) is 11.1 Å². The lowest BCUT2D eigenvalue weighted by molar-refractivity contribution is -0.119. The molecule has 0 atom stereocenters. The maximum Gasteiger partial charge on any atom is 0.350 e. The van der Waals surface area contributed by atoms with Gasteiger partial charge in [0.2, 0.25) is 0 Å². The fraction of sp³-hybridized carbons (Fsp3) is 0.214. The molecular formula is C14H12ClFN2O3S. The summed E-state index contributed by atoms with van der Waals surface area (Å²) in [5.41, 5.74) is 0.479. The molecule has 5 nitrogen and oxygen atoms in total. The molecule has 0 aliphatic heterocycles. The normalized spacial score (nSPS) is 10.4. The molecule has 0 fully saturated rings. The number of ether oxygens (including phenoxy) is 1. The van der Waals surface area contributed by atoms with Crippen LogP contribution in [0.2, 0.25) is 5.02 Å². The van der Waals surface area contributed by atoms with Crippen LogP contribution in [0.25, 0.3) is 0 Å². The van der Waals surface area contributed by atoms with Crippen LogP contribution >= 0.6 is 22.9 Å². The van der Waals surface area contributed by atoms with Crippen molar-refractivity contribution in [2.24, 2.45) is 0 Å². The zero-order valence-corrected chi connectivity index (χ0v) is 13.3. The number of hydrogen-bond donors (Lipinski definition) is 1. The average molecular weight is 343 g/mol. The molecule has 0 aliphatic carbocycles. The molecule has 1 N–H and O–H groups in total. The lowest BCUT2D eigenvalue weighted by Crippen LogP contribution is -2.21. The number of aromatic nitrogens is 1. The van der Waals surface area contributed by atoms with Gasteiger partial charge in [-0.3, -0.25) is 4.79 Å². The van der Waals surface area contributed by atoms with Crippen LogP contribution in [-0.4, -0.2) is 23.5 Å². The van der Waals surface area contributed by atoms with Gasteiger partial charge in [0.25, 0.3) is 5.91 Å². The lowest BCUT2D eigenvalue weighted by Gasteiger charge is -2.07. The van der Waals surface area contributed by atoms with Crippen molar-refractivity contribution < 1.29 is 18.7 Å². The van der Waals surface area contributed by atoms with Crippen molar-refractivity contribution >= 4 is 40.5 Å². The number of aryl methyl sites for hydroxylation is 2. The summed E-state index contributed by atoms with van der Waals surface area (Å²) in [5, 5.41) is 3.30. The molecule has 0 bridgehead atoms. The minimum absolute atomic E-state index is 0.0710. The average Bonchev–Trinajstić information content (AvgIpc) is 2.79. The van der Waals surface area contributed by atoms with E-state index in [1.807, 2.05) is 0 Å². The second-order valence-corrected chi connectivity index (χ2v) is 6.04. The first-order chi connectivity index (χ1) is 10.4. The molecule has 0 aliphatic rings. The van der Waals surface area contributed by atoms with E-state index in [1.165, 1.54) is 23.5 Å². The van der Waals surface area contributed by atoms with E-state index in [1.54, 1.807) is 13.8 Å². The van der Waals surface area contributed by atoms with Crippen LogP contribution < -0.4 is 5.32 Å². The van der Waals surface area contributed by atoms with Gasteiger partial charge < -0.3 is 10.1 Å². The van der Waals surface area contributed by atoms with Crippen molar-refractivity contribution in [3.8, 4) is 0 Å². The first-order valence-electron chi connectivity index (χ1n) is 6.23. The van der Waals surface area contributed by atoms with E-state index in [9.17, 15) is 14.0 Å². The summed E-state index contributed by atoms with van der Waals surface area (Å²) in [4.78, 5) is 28.0. The maximum absolute atomic E-state index is 13.5. The van der Waals surface area contributed by atoms with Gasteiger partial charge in [0, 0.05) is 5.02 Å². The topological polar surface area (TPSA) is 68.3 Å². The number of nitrogens with zero attached hydrogens (tertiary/aromatic N) is 1. The summed E-state index contributed by atoms with van der Waals surface area (Å²) >= 11 is 6.91. The molecule has 2 aromatic rings. The largest absolute Gasteiger partial charge is 0.451 e. The molecule has 1 aromatic carbocycles. The van der Waals surface area contributed by atoms with Crippen molar-refractivity contribution in [3.05, 3.63) is 44.6 Å². The zero-order chi connectivity index (χ0) is 16.3. The van der Waals surface area contributed by atoms with E-state index in [4.69, 9.17) is 16.3 Å². The molecule has 8 heteroatoms. The van der Waals surface area contributed by atoms with Gasteiger partial charge >= 0.3 is 5.97 Å². The maximum atomic E-state index is 13.5. The Balaban J connectivity index is 1.94. The number of amides is 1. The molecule has 1 aromatic heterocycles. The van der Waals surface area contributed by atoms with E-state index in [-0.39, 0.29) is 10.7 Å². The fourth-order valence-electron chi connectivity index (χ4n) is 1.70. The third-order valence-electron chi connectivity index (χ3n) is 2.63. The van der Waals surface area contributed by atoms with Crippen molar-refractivity contribution in [3.63, 3.8) is 0 Å². The molecule has 0 spiro atoms. The summed E-state index contributed by atoms with van der Waals surface area (Å²) in [5.74, 6) is -1.92. The molecule has 1 heterocycles. The first kappa shape index (κ1) is 16.4. The molecule has 22 heavy (non-hydrogen) atoms. The monoisotopic (exact) mass is 342 g/mol. The Kier molecular flexibility index (Phi) is 5.10. The third-order valence-corrected chi connectivity index (χ3v) is 3.91. The van der Waals surface area contributed by atoms with Crippen LogP contribution in [0.1, 0.15) is 20.4 Å². The number of rotatable bonds is 4. The Morgan fingerprint density at radius 1 is 1.41 bits per heavy atom. The van der Waals surface area contributed by atoms with Gasteiger partial charge in [0.05, 0.1) is 16.4 Å². The first-order valence-corrected chi connectivity index (χ1v) is 7.42. The summed E-state index contributed by atoms with van der Waals surface area (Å²) in [7, 11) is 0. The van der Waals surface area contributed by atoms with Gasteiger partial charge in [-0.2, -0.15) is 0 Å². The van der Waals surface area contributed by atoms with Crippen LogP contribution in [0.15, 0.2) is 18.2 Å². The van der Waals surface area contributed by atoms with E-state index in [2.05, 4.69) is 10.3 Å². The molecule has 0 saturated carbocycles. The van der Waals surface area contributed by atoms with Gasteiger partial charge in [-0.05, 0) is 32.0 Å². The van der Waals surface area contributed by atoms with E-state index in [0.29, 0.717) is 10.6 Å². The molecular weight excluding hydrogens is 331 g/mol. The van der Waals surface area contributed by atoms with Gasteiger partial charge in [-0.15, -0.1) is 11.3 Å². The quantitative estimate of drug-likeness (QED) is 0.865. The number of benzene rings is 1. The molecule has 116 valence electrons.